The molecule has 0 aliphatic rings. The minimum Gasteiger partial charge on any atom is -0.378 e. The summed E-state index contributed by atoms with van der Waals surface area (Å²) in [5.41, 5.74) is 2.95. The summed E-state index contributed by atoms with van der Waals surface area (Å²) in [6, 6.07) is 0.601. The van der Waals surface area contributed by atoms with E-state index in [-0.39, 0.29) is 12.2 Å². The molecule has 0 saturated heterocycles. The van der Waals surface area contributed by atoms with Crippen LogP contribution in [0.4, 0.5) is 24.5 Å². The number of alkyl halides is 3. The second-order valence-corrected chi connectivity index (χ2v) is 4.68. The SMILES string of the molecule is CC(C)(N)CNc1cc(C(F)(F)F)ncc1[N+](=O)[O-]. The smallest absolute Gasteiger partial charge is 0.378 e. The highest BCUT2D eigenvalue weighted by atomic mass is 19.4. The molecule has 0 unspecified atom stereocenters. The molecule has 0 spiro atoms. The Kier molecular flexibility index (Phi) is 3.99. The second-order valence-electron chi connectivity index (χ2n) is 4.68. The standard InChI is InChI=1S/C10H13F3N4O2/c1-9(2,14)5-16-6-3-8(10(11,12)13)15-4-7(6)17(18)19/h3-4H,5,14H2,1-2H3,(H,15,16). The predicted molar refractivity (Wildman–Crippen MR) is 62.6 cm³/mol. The molecule has 0 amide bonds. The summed E-state index contributed by atoms with van der Waals surface area (Å²) in [6.07, 6.45) is -4.08. The van der Waals surface area contributed by atoms with Crippen molar-refractivity contribution in [3.63, 3.8) is 0 Å². The third kappa shape index (κ3) is 4.36. The first-order valence-corrected chi connectivity index (χ1v) is 5.25. The molecule has 3 N–H and O–H groups in total. The quantitative estimate of drug-likeness (QED) is 0.650. The molecule has 0 saturated carbocycles. The molecule has 9 heteroatoms. The Morgan fingerprint density at radius 2 is 2.05 bits per heavy atom. The zero-order valence-corrected chi connectivity index (χ0v) is 10.3. The van der Waals surface area contributed by atoms with E-state index in [1.54, 1.807) is 13.8 Å². The van der Waals surface area contributed by atoms with Crippen molar-refractivity contribution >= 4 is 11.4 Å². The fourth-order valence-corrected chi connectivity index (χ4v) is 1.21. The van der Waals surface area contributed by atoms with Crippen LogP contribution in [-0.2, 0) is 6.18 Å². The molecule has 1 rings (SSSR count). The molecule has 0 bridgehead atoms. The number of aromatic nitrogens is 1. The lowest BCUT2D eigenvalue weighted by Gasteiger charge is -2.20. The number of nitrogens with one attached hydrogen (secondary N) is 1. The highest BCUT2D eigenvalue weighted by Crippen LogP contribution is 2.32. The van der Waals surface area contributed by atoms with E-state index >= 15 is 0 Å². The molecule has 0 atom stereocenters. The van der Waals surface area contributed by atoms with Gasteiger partial charge in [-0.1, -0.05) is 0 Å². The van der Waals surface area contributed by atoms with Crippen LogP contribution in [-0.4, -0.2) is 22.0 Å². The summed E-state index contributed by atoms with van der Waals surface area (Å²) in [5.74, 6) is 0. The van der Waals surface area contributed by atoms with Crippen LogP contribution in [0.5, 0.6) is 0 Å². The molecule has 1 aromatic heterocycles. The third-order valence-electron chi connectivity index (χ3n) is 2.10. The molecule has 6 nitrogen and oxygen atoms in total. The van der Waals surface area contributed by atoms with Crippen LogP contribution < -0.4 is 11.1 Å². The van der Waals surface area contributed by atoms with Crippen LogP contribution in [0, 0.1) is 10.1 Å². The minimum absolute atomic E-state index is 0.0785. The van der Waals surface area contributed by atoms with E-state index < -0.39 is 28.0 Å². The van der Waals surface area contributed by atoms with Crippen LogP contribution in [0.1, 0.15) is 19.5 Å². The Balaban J connectivity index is 3.13. The molecule has 0 aliphatic carbocycles. The number of nitrogens with zero attached hydrogens (tertiary/aromatic N) is 2. The van der Waals surface area contributed by atoms with E-state index in [0.29, 0.717) is 12.3 Å². The summed E-state index contributed by atoms with van der Waals surface area (Å²) in [4.78, 5) is 13.0. The number of rotatable bonds is 4. The first kappa shape index (κ1) is 15.2. The molecule has 0 radical (unpaired) electrons. The van der Waals surface area contributed by atoms with Gasteiger partial charge >= 0.3 is 11.9 Å². The summed E-state index contributed by atoms with van der Waals surface area (Å²) in [7, 11) is 0. The van der Waals surface area contributed by atoms with Crippen LogP contribution in [0.25, 0.3) is 0 Å². The van der Waals surface area contributed by atoms with Crippen molar-refractivity contribution in [2.24, 2.45) is 5.73 Å². The van der Waals surface area contributed by atoms with Crippen LogP contribution >= 0.6 is 0 Å². The zero-order valence-electron chi connectivity index (χ0n) is 10.3. The second kappa shape index (κ2) is 5.00. The van der Waals surface area contributed by atoms with E-state index in [0.717, 1.165) is 0 Å². The van der Waals surface area contributed by atoms with Gasteiger partial charge in [0.25, 0.3) is 0 Å². The highest BCUT2D eigenvalue weighted by molar-refractivity contribution is 5.61. The fourth-order valence-electron chi connectivity index (χ4n) is 1.21. The average Bonchev–Trinajstić information content (AvgIpc) is 2.23. The van der Waals surface area contributed by atoms with Crippen molar-refractivity contribution in [1.82, 2.24) is 4.98 Å². The summed E-state index contributed by atoms with van der Waals surface area (Å²) in [5, 5.41) is 13.3. The molecule has 1 aromatic rings. The molecule has 1 heterocycles. The van der Waals surface area contributed by atoms with Gasteiger partial charge < -0.3 is 11.1 Å². The summed E-state index contributed by atoms with van der Waals surface area (Å²) >= 11 is 0. The molecule has 0 fully saturated rings. The van der Waals surface area contributed by atoms with Crippen molar-refractivity contribution in [1.29, 1.82) is 0 Å². The highest BCUT2D eigenvalue weighted by Gasteiger charge is 2.34. The van der Waals surface area contributed by atoms with Gasteiger partial charge in [-0.05, 0) is 19.9 Å². The summed E-state index contributed by atoms with van der Waals surface area (Å²) in [6.45, 7) is 3.35. The number of anilines is 1. The van der Waals surface area contributed by atoms with Gasteiger partial charge in [0.15, 0.2) is 0 Å². The molecule has 19 heavy (non-hydrogen) atoms. The van der Waals surface area contributed by atoms with Crippen molar-refractivity contribution in [2.75, 3.05) is 11.9 Å². The number of hydrogen-bond acceptors (Lipinski definition) is 5. The topological polar surface area (TPSA) is 94.1 Å². The van der Waals surface area contributed by atoms with Crippen LogP contribution in [0.3, 0.4) is 0 Å². The Morgan fingerprint density at radius 1 is 1.47 bits per heavy atom. The normalized spacial score (nSPS) is 12.3. The minimum atomic E-state index is -4.66. The van der Waals surface area contributed by atoms with Crippen LogP contribution in [0.15, 0.2) is 12.3 Å². The van der Waals surface area contributed by atoms with Gasteiger partial charge in [0, 0.05) is 12.1 Å². The largest absolute Gasteiger partial charge is 0.433 e. The Labute approximate surface area is 107 Å². The maximum Gasteiger partial charge on any atom is 0.433 e. The van der Waals surface area contributed by atoms with Gasteiger partial charge in [-0.2, -0.15) is 13.2 Å². The first-order valence-electron chi connectivity index (χ1n) is 5.25. The number of halogens is 3. The van der Waals surface area contributed by atoms with E-state index in [9.17, 15) is 23.3 Å². The Morgan fingerprint density at radius 3 is 2.47 bits per heavy atom. The number of hydrogen-bond donors (Lipinski definition) is 2. The van der Waals surface area contributed by atoms with Gasteiger partial charge in [-0.25, -0.2) is 4.98 Å². The van der Waals surface area contributed by atoms with Gasteiger partial charge in [-0.3, -0.25) is 10.1 Å². The van der Waals surface area contributed by atoms with Crippen molar-refractivity contribution in [2.45, 2.75) is 25.6 Å². The number of nitrogens with two attached hydrogens (primary N) is 1. The maximum absolute atomic E-state index is 12.5. The lowest BCUT2D eigenvalue weighted by molar-refractivity contribution is -0.384. The van der Waals surface area contributed by atoms with Crippen molar-refractivity contribution < 1.29 is 18.1 Å². The van der Waals surface area contributed by atoms with E-state index in [1.165, 1.54) is 0 Å². The van der Waals surface area contributed by atoms with Gasteiger partial charge in [0.05, 0.1) is 4.92 Å². The monoisotopic (exact) mass is 278 g/mol. The zero-order chi connectivity index (χ0) is 14.8. The average molecular weight is 278 g/mol. The van der Waals surface area contributed by atoms with Crippen LogP contribution in [0.2, 0.25) is 0 Å². The maximum atomic E-state index is 12.5. The van der Waals surface area contributed by atoms with Gasteiger partial charge in [0.1, 0.15) is 17.6 Å². The lowest BCUT2D eigenvalue weighted by atomic mass is 10.1. The van der Waals surface area contributed by atoms with Gasteiger partial charge in [-0.15, -0.1) is 0 Å². The number of pyridine rings is 1. The van der Waals surface area contributed by atoms with E-state index in [4.69, 9.17) is 5.73 Å². The predicted octanol–water partition coefficient (Wildman–Crippen LogP) is 2.16. The first-order chi connectivity index (χ1) is 8.50. The molecular formula is C10H13F3N4O2. The molecule has 0 aliphatic heterocycles. The Bertz CT molecular complexity index is 483. The van der Waals surface area contributed by atoms with Gasteiger partial charge in [0.2, 0.25) is 0 Å². The fraction of sp³-hybridized carbons (Fsp3) is 0.500. The molecular weight excluding hydrogens is 265 g/mol. The molecule has 0 aromatic carbocycles. The van der Waals surface area contributed by atoms with E-state index in [2.05, 4.69) is 10.3 Å². The van der Waals surface area contributed by atoms with E-state index in [1.807, 2.05) is 0 Å². The van der Waals surface area contributed by atoms with Crippen molar-refractivity contribution in [3.05, 3.63) is 28.1 Å². The Hall–Kier alpha value is -1.90. The lowest BCUT2D eigenvalue weighted by Crippen LogP contribution is -2.39. The third-order valence-corrected chi connectivity index (χ3v) is 2.10. The van der Waals surface area contributed by atoms with Crippen molar-refractivity contribution in [3.8, 4) is 0 Å². The summed E-state index contributed by atoms with van der Waals surface area (Å²) < 4.78 is 37.5. The molecule has 106 valence electrons. The number of nitro groups is 1.